The lowest BCUT2D eigenvalue weighted by atomic mass is 10.2. The molecule has 0 aromatic carbocycles. The first kappa shape index (κ1) is 14.1. The summed E-state index contributed by atoms with van der Waals surface area (Å²) in [5, 5.41) is 12.9. The summed E-state index contributed by atoms with van der Waals surface area (Å²) in [5.74, 6) is 0.720. The normalized spacial score (nSPS) is 17.2. The number of hydrogen-bond acceptors (Lipinski definition) is 6. The maximum Gasteiger partial charge on any atom is 0.340 e. The molecule has 0 aliphatic carbocycles. The Hall–Kier alpha value is -2.84. The van der Waals surface area contributed by atoms with Crippen molar-refractivity contribution in [1.82, 2.24) is 25.5 Å². The number of pyridine rings is 1. The molecule has 0 saturated carbocycles. The maximum atomic E-state index is 11.1. The number of ether oxygens (including phenoxy) is 1. The van der Waals surface area contributed by atoms with Gasteiger partial charge < -0.3 is 10.1 Å². The lowest BCUT2D eigenvalue weighted by molar-refractivity contribution is 0.212. The number of aromatic nitrogens is 4. The third-order valence-electron chi connectivity index (χ3n) is 3.28. The Morgan fingerprint density at radius 3 is 3.09 bits per heavy atom. The lowest BCUT2D eigenvalue weighted by Gasteiger charge is -2.14. The fraction of sp³-hybridized carbons (Fsp3) is 0.417. The van der Waals surface area contributed by atoms with E-state index in [-0.39, 0.29) is 12.6 Å². The van der Waals surface area contributed by atoms with E-state index >= 15 is 0 Å². The molecule has 0 spiro atoms. The van der Waals surface area contributed by atoms with Crippen molar-refractivity contribution in [3.63, 3.8) is 0 Å². The minimum atomic E-state index is -0.405. The Bertz CT molecular complexity index is 754. The van der Waals surface area contributed by atoms with Gasteiger partial charge in [0.15, 0.2) is 5.82 Å². The van der Waals surface area contributed by atoms with Crippen LogP contribution in [0.3, 0.4) is 0 Å². The zero-order valence-electron chi connectivity index (χ0n) is 11.6. The molecular formula is C12H14N8O2. The van der Waals surface area contributed by atoms with E-state index < -0.39 is 5.69 Å². The minimum absolute atomic E-state index is 0.0193. The third-order valence-corrected chi connectivity index (χ3v) is 3.28. The molecule has 114 valence electrons. The van der Waals surface area contributed by atoms with Gasteiger partial charge in [-0.2, -0.15) is 5.10 Å². The van der Waals surface area contributed by atoms with Crippen molar-refractivity contribution in [2.24, 2.45) is 5.11 Å². The maximum absolute atomic E-state index is 11.1. The second-order valence-electron chi connectivity index (χ2n) is 4.81. The molecule has 2 aromatic heterocycles. The number of nitrogens with one attached hydrogen (secondary N) is 3. The van der Waals surface area contributed by atoms with Crippen LogP contribution < -0.4 is 15.7 Å². The highest BCUT2D eigenvalue weighted by atomic mass is 16.5. The molecule has 1 atom stereocenters. The van der Waals surface area contributed by atoms with Gasteiger partial charge in [0, 0.05) is 17.0 Å². The molecule has 0 radical (unpaired) electrons. The SMILES string of the molecule is [N-]=[N+]=NCc1ccc(-c2n[nH]c(=O)[nH]2)nc1O[C@H]1CCNC1. The van der Waals surface area contributed by atoms with Gasteiger partial charge in [0.2, 0.25) is 5.88 Å². The van der Waals surface area contributed by atoms with E-state index in [1.54, 1.807) is 12.1 Å². The first-order valence-corrected chi connectivity index (χ1v) is 6.79. The first-order valence-electron chi connectivity index (χ1n) is 6.79. The summed E-state index contributed by atoms with van der Waals surface area (Å²) in [5.41, 5.74) is 9.23. The van der Waals surface area contributed by atoms with Gasteiger partial charge in [-0.05, 0) is 24.6 Å². The molecule has 3 N–H and O–H groups in total. The highest BCUT2D eigenvalue weighted by molar-refractivity contribution is 5.50. The first-order chi connectivity index (χ1) is 10.8. The summed E-state index contributed by atoms with van der Waals surface area (Å²) in [6, 6.07) is 3.44. The Kier molecular flexibility index (Phi) is 4.03. The molecule has 1 fully saturated rings. The van der Waals surface area contributed by atoms with Crippen LogP contribution in [0.25, 0.3) is 22.0 Å². The highest BCUT2D eigenvalue weighted by Gasteiger charge is 2.19. The molecule has 0 amide bonds. The van der Waals surface area contributed by atoms with E-state index in [2.05, 4.69) is 35.5 Å². The van der Waals surface area contributed by atoms with E-state index in [4.69, 9.17) is 10.3 Å². The Morgan fingerprint density at radius 2 is 2.41 bits per heavy atom. The molecule has 0 unspecified atom stereocenters. The molecule has 10 nitrogen and oxygen atoms in total. The summed E-state index contributed by atoms with van der Waals surface area (Å²) < 4.78 is 5.89. The standard InChI is InChI=1S/C12H14N8O2/c13-20-15-5-7-1-2-9(10-17-12(21)19-18-10)16-11(7)22-8-3-4-14-6-8/h1-2,8,14H,3-6H2,(H2,17,18,19,21)/t8-/m0/s1. The number of nitrogens with zero attached hydrogens (tertiary/aromatic N) is 5. The van der Waals surface area contributed by atoms with Crippen molar-refractivity contribution in [3.05, 3.63) is 38.6 Å². The molecule has 2 aromatic rings. The quantitative estimate of drug-likeness (QED) is 0.423. The van der Waals surface area contributed by atoms with Crippen LogP contribution in [-0.4, -0.2) is 39.4 Å². The zero-order chi connectivity index (χ0) is 15.4. The number of hydrogen-bond donors (Lipinski definition) is 3. The number of H-pyrrole nitrogens is 2. The van der Waals surface area contributed by atoms with Crippen molar-refractivity contribution < 1.29 is 4.74 Å². The van der Waals surface area contributed by atoms with Crippen LogP contribution in [-0.2, 0) is 6.54 Å². The summed E-state index contributed by atoms with van der Waals surface area (Å²) in [4.78, 5) is 20.8. The van der Waals surface area contributed by atoms with Crippen LogP contribution in [0, 0.1) is 0 Å². The van der Waals surface area contributed by atoms with Gasteiger partial charge in [-0.1, -0.05) is 11.2 Å². The third kappa shape index (κ3) is 3.08. The summed E-state index contributed by atoms with van der Waals surface area (Å²) in [7, 11) is 0. The number of rotatable bonds is 5. The van der Waals surface area contributed by atoms with E-state index in [1.807, 2.05) is 0 Å². The summed E-state index contributed by atoms with van der Waals surface area (Å²) in [6.07, 6.45) is 0.900. The molecular weight excluding hydrogens is 288 g/mol. The minimum Gasteiger partial charge on any atom is -0.473 e. The smallest absolute Gasteiger partial charge is 0.340 e. The van der Waals surface area contributed by atoms with Crippen LogP contribution in [0.2, 0.25) is 0 Å². The molecule has 22 heavy (non-hydrogen) atoms. The largest absolute Gasteiger partial charge is 0.473 e. The van der Waals surface area contributed by atoms with Gasteiger partial charge >= 0.3 is 5.69 Å². The van der Waals surface area contributed by atoms with Gasteiger partial charge in [-0.15, -0.1) is 0 Å². The van der Waals surface area contributed by atoms with Crippen LogP contribution >= 0.6 is 0 Å². The molecule has 0 bridgehead atoms. The monoisotopic (exact) mass is 302 g/mol. The van der Waals surface area contributed by atoms with Crippen molar-refractivity contribution in [2.45, 2.75) is 19.1 Å². The van der Waals surface area contributed by atoms with Gasteiger partial charge in [0.05, 0.1) is 6.54 Å². The van der Waals surface area contributed by atoms with Crippen molar-refractivity contribution in [3.8, 4) is 17.4 Å². The Morgan fingerprint density at radius 1 is 1.50 bits per heavy atom. The fourth-order valence-electron chi connectivity index (χ4n) is 2.21. The predicted octanol–water partition coefficient (Wildman–Crippen LogP) is 0.711. The molecule has 1 aliphatic heterocycles. The molecule has 10 heteroatoms. The van der Waals surface area contributed by atoms with E-state index in [9.17, 15) is 4.79 Å². The van der Waals surface area contributed by atoms with E-state index in [0.717, 1.165) is 19.5 Å². The average Bonchev–Trinajstić information content (AvgIpc) is 3.17. The topological polar surface area (TPSA) is 144 Å². The molecule has 1 saturated heterocycles. The van der Waals surface area contributed by atoms with Crippen LogP contribution in [0.15, 0.2) is 22.0 Å². The van der Waals surface area contributed by atoms with Gasteiger partial charge in [0.1, 0.15) is 11.8 Å². The molecule has 3 rings (SSSR count). The fourth-order valence-corrected chi connectivity index (χ4v) is 2.21. The van der Waals surface area contributed by atoms with Crippen molar-refractivity contribution in [1.29, 1.82) is 0 Å². The summed E-state index contributed by atoms with van der Waals surface area (Å²) >= 11 is 0. The zero-order valence-corrected chi connectivity index (χ0v) is 11.6. The number of azide groups is 1. The Balaban J connectivity index is 1.93. The lowest BCUT2D eigenvalue weighted by Crippen LogP contribution is -2.21. The average molecular weight is 302 g/mol. The highest BCUT2D eigenvalue weighted by Crippen LogP contribution is 2.23. The van der Waals surface area contributed by atoms with Crippen molar-refractivity contribution in [2.75, 3.05) is 13.1 Å². The van der Waals surface area contributed by atoms with Gasteiger partial charge in [-0.3, -0.25) is 4.98 Å². The second kappa shape index (κ2) is 6.29. The summed E-state index contributed by atoms with van der Waals surface area (Å²) in [6.45, 7) is 1.78. The van der Waals surface area contributed by atoms with Crippen LogP contribution in [0.5, 0.6) is 5.88 Å². The van der Waals surface area contributed by atoms with Crippen LogP contribution in [0.1, 0.15) is 12.0 Å². The molecule has 3 heterocycles. The Labute approximate surface area is 124 Å². The number of aromatic amines is 2. The van der Waals surface area contributed by atoms with Crippen LogP contribution in [0.4, 0.5) is 0 Å². The second-order valence-corrected chi connectivity index (χ2v) is 4.81. The predicted molar refractivity (Wildman–Crippen MR) is 77.2 cm³/mol. The van der Waals surface area contributed by atoms with Gasteiger partial charge in [0.25, 0.3) is 0 Å². The van der Waals surface area contributed by atoms with Crippen molar-refractivity contribution >= 4 is 0 Å². The van der Waals surface area contributed by atoms with E-state index in [1.165, 1.54) is 0 Å². The molecule has 1 aliphatic rings. The van der Waals surface area contributed by atoms with E-state index in [0.29, 0.717) is 23.0 Å². The van der Waals surface area contributed by atoms with Gasteiger partial charge in [-0.25, -0.2) is 14.9 Å².